The van der Waals surface area contributed by atoms with Crippen LogP contribution in [-0.2, 0) is 4.79 Å². The summed E-state index contributed by atoms with van der Waals surface area (Å²) < 4.78 is 11.1. The minimum atomic E-state index is -1.62. The summed E-state index contributed by atoms with van der Waals surface area (Å²) in [5.41, 5.74) is 8.31. The van der Waals surface area contributed by atoms with Gasteiger partial charge in [-0.25, -0.2) is 4.79 Å². The highest BCUT2D eigenvalue weighted by molar-refractivity contribution is 7.99. The van der Waals surface area contributed by atoms with Crippen molar-refractivity contribution in [1.29, 1.82) is 0 Å². The molecule has 0 bridgehead atoms. The summed E-state index contributed by atoms with van der Waals surface area (Å²) >= 11 is 1.17. The van der Waals surface area contributed by atoms with Crippen LogP contribution in [0.2, 0.25) is 0 Å². The molecule has 0 heterocycles. The van der Waals surface area contributed by atoms with Crippen LogP contribution in [0.5, 0.6) is 17.2 Å². The second-order valence-electron chi connectivity index (χ2n) is 6.71. The van der Waals surface area contributed by atoms with E-state index in [2.05, 4.69) is 0 Å². The lowest BCUT2D eigenvalue weighted by atomic mass is 10.1. The second kappa shape index (κ2) is 9.56. The number of aryl methyl sites for hydroxylation is 1. The average molecular weight is 426 g/mol. The highest BCUT2D eigenvalue weighted by Gasteiger charge is 2.29. The van der Waals surface area contributed by atoms with Gasteiger partial charge in [-0.2, -0.15) is 0 Å². The zero-order chi connectivity index (χ0) is 21.7. The maximum atomic E-state index is 11.5. The van der Waals surface area contributed by atoms with Crippen LogP contribution >= 0.6 is 11.8 Å². The summed E-state index contributed by atoms with van der Waals surface area (Å²) in [5, 5.41) is 18.9. The zero-order valence-electron chi connectivity index (χ0n) is 16.6. The Morgan fingerprint density at radius 3 is 2.30 bits per heavy atom. The lowest BCUT2D eigenvalue weighted by Crippen LogP contribution is -2.26. The lowest BCUT2D eigenvalue weighted by Gasteiger charge is -2.21. The van der Waals surface area contributed by atoms with E-state index in [1.54, 1.807) is 49.6 Å². The van der Waals surface area contributed by atoms with Crippen LogP contribution in [0.25, 0.3) is 0 Å². The number of nitrogens with two attached hydrogens (primary N) is 1. The Balaban J connectivity index is 1.90. The third-order valence-electron chi connectivity index (χ3n) is 4.45. The number of carboxylic acids is 1. The van der Waals surface area contributed by atoms with Gasteiger partial charge in [-0.05, 0) is 60.5 Å². The highest BCUT2D eigenvalue weighted by Crippen LogP contribution is 2.42. The number of benzene rings is 3. The van der Waals surface area contributed by atoms with Crippen LogP contribution in [0.3, 0.4) is 0 Å². The van der Waals surface area contributed by atoms with Crippen molar-refractivity contribution < 1.29 is 24.5 Å². The van der Waals surface area contributed by atoms with Crippen LogP contribution in [-0.4, -0.2) is 29.4 Å². The maximum Gasteiger partial charge on any atom is 0.334 e. The second-order valence-corrected chi connectivity index (χ2v) is 7.90. The molecule has 0 spiro atoms. The molecule has 0 aromatic heterocycles. The number of methoxy groups -OCH3 is 1. The monoisotopic (exact) mass is 425 g/mol. The average Bonchev–Trinajstić information content (AvgIpc) is 2.73. The highest BCUT2D eigenvalue weighted by atomic mass is 32.2. The number of ether oxygens (including phenoxy) is 2. The van der Waals surface area contributed by atoms with Crippen LogP contribution < -0.4 is 15.2 Å². The molecule has 0 radical (unpaired) electrons. The van der Waals surface area contributed by atoms with Crippen LogP contribution in [0.15, 0.2) is 71.6 Å². The number of aliphatic hydroxyl groups is 1. The number of aliphatic hydroxyl groups excluding tert-OH is 1. The molecule has 0 aliphatic rings. The van der Waals surface area contributed by atoms with Gasteiger partial charge in [0.25, 0.3) is 0 Å². The number of aliphatic carboxylic acids is 1. The molecule has 3 aromatic rings. The summed E-state index contributed by atoms with van der Waals surface area (Å²) in [4.78, 5) is 12.1. The molecule has 156 valence electrons. The van der Waals surface area contributed by atoms with Crippen molar-refractivity contribution >= 4 is 23.4 Å². The van der Waals surface area contributed by atoms with Crippen LogP contribution in [0, 0.1) is 6.92 Å². The van der Waals surface area contributed by atoms with Gasteiger partial charge in [-0.1, -0.05) is 24.3 Å². The van der Waals surface area contributed by atoms with Gasteiger partial charge >= 0.3 is 5.97 Å². The van der Waals surface area contributed by atoms with E-state index in [1.165, 1.54) is 11.8 Å². The Labute approximate surface area is 179 Å². The molecule has 6 nitrogen and oxygen atoms in total. The van der Waals surface area contributed by atoms with E-state index in [0.717, 1.165) is 5.56 Å². The fourth-order valence-electron chi connectivity index (χ4n) is 2.87. The minimum Gasteiger partial charge on any atom is -0.497 e. The molecule has 0 amide bonds. The lowest BCUT2D eigenvalue weighted by molar-refractivity contribution is -0.146. The van der Waals surface area contributed by atoms with E-state index in [9.17, 15) is 15.0 Å². The van der Waals surface area contributed by atoms with E-state index in [0.29, 0.717) is 33.4 Å². The molecule has 2 atom stereocenters. The molecule has 7 heteroatoms. The summed E-state index contributed by atoms with van der Waals surface area (Å²) in [5.74, 6) is 0.582. The minimum absolute atomic E-state index is 0.465. The fraction of sp³-hybridized carbons (Fsp3) is 0.174. The first-order valence-corrected chi connectivity index (χ1v) is 10.1. The summed E-state index contributed by atoms with van der Waals surface area (Å²) in [6, 6.07) is 19.7. The predicted octanol–water partition coefficient (Wildman–Crippen LogP) is 4.66. The molecule has 0 unspecified atom stereocenters. The molecular weight excluding hydrogens is 402 g/mol. The topological polar surface area (TPSA) is 102 Å². The van der Waals surface area contributed by atoms with E-state index in [1.807, 2.05) is 31.2 Å². The number of thioether (sulfide) groups is 1. The van der Waals surface area contributed by atoms with E-state index in [4.69, 9.17) is 15.2 Å². The molecule has 0 saturated carbocycles. The van der Waals surface area contributed by atoms with Crippen molar-refractivity contribution in [3.05, 3.63) is 77.9 Å². The number of carboxylic acid groups (broad SMARTS) is 1. The molecule has 0 saturated heterocycles. The fourth-order valence-corrected chi connectivity index (χ4v) is 4.07. The molecule has 0 fully saturated rings. The third kappa shape index (κ3) is 5.25. The van der Waals surface area contributed by atoms with Gasteiger partial charge in [0.2, 0.25) is 0 Å². The Bertz CT molecular complexity index is 1020. The first-order valence-electron chi connectivity index (χ1n) is 9.23. The Kier molecular flexibility index (Phi) is 6.87. The number of rotatable bonds is 8. The van der Waals surface area contributed by atoms with Crippen molar-refractivity contribution in [3.63, 3.8) is 0 Å². The van der Waals surface area contributed by atoms with Gasteiger partial charge in [0.05, 0.1) is 12.4 Å². The number of carbonyl (C=O) groups is 1. The van der Waals surface area contributed by atoms with Crippen LogP contribution in [0.4, 0.5) is 5.69 Å². The van der Waals surface area contributed by atoms with E-state index < -0.39 is 17.3 Å². The Hall–Kier alpha value is -3.16. The van der Waals surface area contributed by atoms with Gasteiger partial charge in [0.1, 0.15) is 17.2 Å². The first kappa shape index (κ1) is 21.5. The summed E-state index contributed by atoms with van der Waals surface area (Å²) in [6.07, 6.45) is -1.62. The normalized spacial score (nSPS) is 12.8. The maximum absolute atomic E-state index is 11.5. The van der Waals surface area contributed by atoms with Gasteiger partial charge in [0.15, 0.2) is 6.10 Å². The number of anilines is 1. The smallest absolute Gasteiger partial charge is 0.334 e. The van der Waals surface area contributed by atoms with Crippen molar-refractivity contribution in [1.82, 2.24) is 0 Å². The third-order valence-corrected chi connectivity index (χ3v) is 5.84. The number of hydrogen-bond acceptors (Lipinski definition) is 6. The molecule has 4 N–H and O–H groups in total. The molecule has 0 aliphatic carbocycles. The van der Waals surface area contributed by atoms with Crippen molar-refractivity contribution in [3.8, 4) is 17.2 Å². The standard InChI is InChI=1S/C23H23NO5S/c1-14-4-3-5-17(12-14)29-18-10-11-19(24)20(13-18)30-22(21(25)23(26)27)15-6-8-16(28-2)9-7-15/h3-13,21-22,25H,24H2,1-2H3,(H,26,27)/t21-,22+/m1/s1. The molecule has 0 aliphatic heterocycles. The van der Waals surface area contributed by atoms with E-state index in [-0.39, 0.29) is 0 Å². The zero-order valence-corrected chi connectivity index (χ0v) is 17.4. The van der Waals surface area contributed by atoms with Gasteiger partial charge < -0.3 is 25.4 Å². The predicted molar refractivity (Wildman–Crippen MR) is 117 cm³/mol. The Morgan fingerprint density at radius 2 is 1.67 bits per heavy atom. The molecule has 30 heavy (non-hydrogen) atoms. The number of hydrogen-bond donors (Lipinski definition) is 3. The summed E-state index contributed by atoms with van der Waals surface area (Å²) in [6.45, 7) is 1.98. The van der Waals surface area contributed by atoms with E-state index >= 15 is 0 Å². The van der Waals surface area contributed by atoms with Crippen molar-refractivity contribution in [2.75, 3.05) is 12.8 Å². The first-order chi connectivity index (χ1) is 14.4. The van der Waals surface area contributed by atoms with Gasteiger partial charge in [0, 0.05) is 10.6 Å². The van der Waals surface area contributed by atoms with Crippen molar-refractivity contribution in [2.24, 2.45) is 0 Å². The Morgan fingerprint density at radius 1 is 1.00 bits per heavy atom. The largest absolute Gasteiger partial charge is 0.497 e. The van der Waals surface area contributed by atoms with Crippen LogP contribution in [0.1, 0.15) is 16.4 Å². The SMILES string of the molecule is COc1ccc([C@H](Sc2cc(Oc3cccc(C)c3)ccc2N)[C@@H](O)C(=O)O)cc1. The molecule has 3 rings (SSSR count). The molecular formula is C23H23NO5S. The van der Waals surface area contributed by atoms with Gasteiger partial charge in [-0.15, -0.1) is 11.8 Å². The number of nitrogen functional groups attached to an aromatic ring is 1. The molecule has 3 aromatic carbocycles. The summed E-state index contributed by atoms with van der Waals surface area (Å²) in [7, 11) is 1.55. The van der Waals surface area contributed by atoms with Gasteiger partial charge in [-0.3, -0.25) is 0 Å². The quantitative estimate of drug-likeness (QED) is 0.356. The van der Waals surface area contributed by atoms with Crippen molar-refractivity contribution in [2.45, 2.75) is 23.2 Å².